The van der Waals surface area contributed by atoms with E-state index in [1.165, 1.54) is 5.56 Å². The number of ether oxygens (including phenoxy) is 2. The van der Waals surface area contributed by atoms with Gasteiger partial charge in [0.15, 0.2) is 5.96 Å². The monoisotopic (exact) mass is 400 g/mol. The molecule has 0 radical (unpaired) electrons. The second kappa shape index (κ2) is 10.3. The van der Waals surface area contributed by atoms with Crippen LogP contribution in [0.1, 0.15) is 28.7 Å². The molecule has 0 amide bonds. The van der Waals surface area contributed by atoms with Crippen molar-refractivity contribution in [2.45, 2.75) is 26.4 Å². The maximum absolute atomic E-state index is 5.94. The van der Waals surface area contributed by atoms with Gasteiger partial charge in [-0.25, -0.2) is 0 Å². The highest BCUT2D eigenvalue weighted by atomic mass is 16.5. The van der Waals surface area contributed by atoms with Gasteiger partial charge in [0.1, 0.15) is 17.3 Å². The number of methoxy groups -OCH3 is 1. The summed E-state index contributed by atoms with van der Waals surface area (Å²) in [4.78, 5) is 6.77. The minimum atomic E-state index is 0.125. The molecule has 1 aromatic carbocycles. The lowest BCUT2D eigenvalue weighted by molar-refractivity contribution is 0.0124. The van der Waals surface area contributed by atoms with Gasteiger partial charge in [0, 0.05) is 38.8 Å². The Bertz CT molecular complexity index is 812. The number of rotatable bonds is 7. The lowest BCUT2D eigenvalue weighted by Crippen LogP contribution is -2.46. The maximum atomic E-state index is 5.94. The van der Waals surface area contributed by atoms with E-state index < -0.39 is 0 Å². The highest BCUT2D eigenvalue weighted by Gasteiger charge is 2.25. The van der Waals surface area contributed by atoms with Crippen LogP contribution in [-0.4, -0.2) is 57.9 Å². The van der Waals surface area contributed by atoms with Crippen LogP contribution in [0, 0.1) is 13.8 Å². The molecule has 2 heterocycles. The van der Waals surface area contributed by atoms with Crippen molar-refractivity contribution in [1.29, 1.82) is 0 Å². The van der Waals surface area contributed by atoms with E-state index in [9.17, 15) is 0 Å². The predicted molar refractivity (Wildman–Crippen MR) is 115 cm³/mol. The normalized spacial score (nSPS) is 16.5. The van der Waals surface area contributed by atoms with Crippen molar-refractivity contribution >= 4 is 5.96 Å². The fraction of sp³-hybridized carbons (Fsp3) is 0.500. The van der Waals surface area contributed by atoms with Crippen molar-refractivity contribution in [2.24, 2.45) is 4.99 Å². The first-order valence-corrected chi connectivity index (χ1v) is 10.1. The number of aliphatic imine (C=N–C) groups is 1. The van der Waals surface area contributed by atoms with Gasteiger partial charge in [0.25, 0.3) is 0 Å². The number of guanidine groups is 1. The predicted octanol–water partition coefficient (Wildman–Crippen LogP) is 2.64. The van der Waals surface area contributed by atoms with E-state index in [-0.39, 0.29) is 6.04 Å². The number of nitrogens with zero attached hydrogens (tertiary/aromatic N) is 2. The largest absolute Gasteiger partial charge is 0.496 e. The Morgan fingerprint density at radius 2 is 1.97 bits per heavy atom. The van der Waals surface area contributed by atoms with E-state index in [0.717, 1.165) is 55.1 Å². The van der Waals surface area contributed by atoms with Gasteiger partial charge in [-0.15, -0.1) is 0 Å². The molecule has 0 saturated carbocycles. The third kappa shape index (κ3) is 5.74. The summed E-state index contributed by atoms with van der Waals surface area (Å²) in [5, 5.41) is 6.83. The number of aryl methyl sites for hydroxylation is 2. The molecule has 1 aliphatic heterocycles. The molecule has 0 spiro atoms. The van der Waals surface area contributed by atoms with E-state index in [1.54, 1.807) is 14.2 Å². The molecule has 1 aromatic heterocycles. The van der Waals surface area contributed by atoms with Gasteiger partial charge in [-0.1, -0.05) is 12.1 Å². The quantitative estimate of drug-likeness (QED) is 0.550. The average molecular weight is 401 g/mol. The number of hydrogen-bond acceptors (Lipinski definition) is 5. The van der Waals surface area contributed by atoms with Crippen molar-refractivity contribution in [1.82, 2.24) is 15.5 Å². The van der Waals surface area contributed by atoms with Crippen molar-refractivity contribution in [2.75, 3.05) is 47.0 Å². The molecule has 1 saturated heterocycles. The minimum absolute atomic E-state index is 0.125. The van der Waals surface area contributed by atoms with Crippen LogP contribution in [0.5, 0.6) is 5.75 Å². The molecule has 3 rings (SSSR count). The van der Waals surface area contributed by atoms with Crippen molar-refractivity contribution in [3.8, 4) is 5.75 Å². The van der Waals surface area contributed by atoms with Gasteiger partial charge >= 0.3 is 0 Å². The van der Waals surface area contributed by atoms with Crippen LogP contribution in [0.25, 0.3) is 0 Å². The smallest absolute Gasteiger partial charge is 0.191 e. The van der Waals surface area contributed by atoms with E-state index in [2.05, 4.69) is 45.6 Å². The first-order valence-electron chi connectivity index (χ1n) is 10.1. The molecule has 0 bridgehead atoms. The summed E-state index contributed by atoms with van der Waals surface area (Å²) in [6, 6.07) is 10.4. The first kappa shape index (κ1) is 21.2. The van der Waals surface area contributed by atoms with Crippen LogP contribution >= 0.6 is 0 Å². The zero-order valence-electron chi connectivity index (χ0n) is 17.8. The Kier molecular flexibility index (Phi) is 7.55. The Hall–Kier alpha value is -2.51. The molecule has 2 aromatic rings. The number of hydrogen-bond donors (Lipinski definition) is 2. The molecular weight excluding hydrogens is 368 g/mol. The Labute approximate surface area is 173 Å². The van der Waals surface area contributed by atoms with Crippen molar-refractivity contribution < 1.29 is 13.9 Å². The number of nitrogens with one attached hydrogen (secondary N) is 2. The summed E-state index contributed by atoms with van der Waals surface area (Å²) in [6.07, 6.45) is 0. The number of furan rings is 1. The molecule has 2 N–H and O–H groups in total. The van der Waals surface area contributed by atoms with Gasteiger partial charge in [-0.3, -0.25) is 9.89 Å². The summed E-state index contributed by atoms with van der Waals surface area (Å²) in [6.45, 7) is 8.62. The summed E-state index contributed by atoms with van der Waals surface area (Å²) >= 11 is 0. The van der Waals surface area contributed by atoms with Gasteiger partial charge in [-0.2, -0.15) is 0 Å². The molecule has 7 nitrogen and oxygen atoms in total. The van der Waals surface area contributed by atoms with Crippen LogP contribution in [0.15, 0.2) is 39.7 Å². The van der Waals surface area contributed by atoms with E-state index in [4.69, 9.17) is 13.9 Å². The van der Waals surface area contributed by atoms with Gasteiger partial charge < -0.3 is 24.5 Å². The SMILES string of the molecule is CN=C(NCc1ccc(C)cc1OC)NCC(c1ccc(C)o1)N1CCOCC1. The third-order valence-electron chi connectivity index (χ3n) is 5.15. The lowest BCUT2D eigenvalue weighted by Gasteiger charge is -2.33. The molecule has 29 heavy (non-hydrogen) atoms. The average Bonchev–Trinajstić information content (AvgIpc) is 3.17. The topological polar surface area (TPSA) is 71.3 Å². The summed E-state index contributed by atoms with van der Waals surface area (Å²) < 4.78 is 16.9. The maximum Gasteiger partial charge on any atom is 0.191 e. The molecule has 1 fully saturated rings. The van der Waals surface area contributed by atoms with Crippen molar-refractivity contribution in [3.63, 3.8) is 0 Å². The Morgan fingerprint density at radius 3 is 2.62 bits per heavy atom. The zero-order chi connectivity index (χ0) is 20.6. The van der Waals surface area contributed by atoms with Crippen molar-refractivity contribution in [3.05, 3.63) is 53.0 Å². The van der Waals surface area contributed by atoms with Gasteiger partial charge in [-0.05, 0) is 37.6 Å². The molecule has 158 valence electrons. The fourth-order valence-electron chi connectivity index (χ4n) is 3.52. The van der Waals surface area contributed by atoms with Crippen LogP contribution in [0.2, 0.25) is 0 Å². The second-order valence-electron chi connectivity index (χ2n) is 7.23. The third-order valence-corrected chi connectivity index (χ3v) is 5.15. The molecule has 1 aliphatic rings. The van der Waals surface area contributed by atoms with E-state index in [0.29, 0.717) is 13.1 Å². The summed E-state index contributed by atoms with van der Waals surface area (Å²) in [7, 11) is 3.48. The first-order chi connectivity index (χ1) is 14.1. The summed E-state index contributed by atoms with van der Waals surface area (Å²) in [5.74, 6) is 3.51. The molecule has 1 atom stereocenters. The molecule has 1 unspecified atom stereocenters. The highest BCUT2D eigenvalue weighted by molar-refractivity contribution is 5.79. The fourth-order valence-corrected chi connectivity index (χ4v) is 3.52. The number of benzene rings is 1. The van der Waals surface area contributed by atoms with E-state index >= 15 is 0 Å². The second-order valence-corrected chi connectivity index (χ2v) is 7.23. The van der Waals surface area contributed by atoms with Crippen LogP contribution in [-0.2, 0) is 11.3 Å². The van der Waals surface area contributed by atoms with Gasteiger partial charge in [0.05, 0.1) is 26.4 Å². The standard InChI is InChI=1S/C22H32N4O3/c1-16-5-7-18(21(13-16)27-4)14-24-22(23-3)25-15-19(20-8-6-17(2)29-20)26-9-11-28-12-10-26/h5-8,13,19H,9-12,14-15H2,1-4H3,(H2,23,24,25). The van der Waals surface area contributed by atoms with Gasteiger partial charge in [0.2, 0.25) is 0 Å². The molecule has 7 heteroatoms. The highest BCUT2D eigenvalue weighted by Crippen LogP contribution is 2.23. The van der Waals surface area contributed by atoms with Crippen LogP contribution < -0.4 is 15.4 Å². The Morgan fingerprint density at radius 1 is 1.17 bits per heavy atom. The number of morpholine rings is 1. The Balaban J connectivity index is 1.62. The van der Waals surface area contributed by atoms with Crippen LogP contribution in [0.3, 0.4) is 0 Å². The van der Waals surface area contributed by atoms with E-state index in [1.807, 2.05) is 19.1 Å². The lowest BCUT2D eigenvalue weighted by atomic mass is 10.1. The zero-order valence-corrected chi connectivity index (χ0v) is 17.8. The summed E-state index contributed by atoms with van der Waals surface area (Å²) in [5.41, 5.74) is 2.27. The molecular formula is C22H32N4O3. The van der Waals surface area contributed by atoms with Crippen LogP contribution in [0.4, 0.5) is 0 Å². The molecule has 0 aliphatic carbocycles. The minimum Gasteiger partial charge on any atom is -0.496 e.